The maximum atomic E-state index is 12.1. The van der Waals surface area contributed by atoms with Crippen LogP contribution in [0.15, 0.2) is 24.3 Å². The first-order valence-corrected chi connectivity index (χ1v) is 6.48. The lowest BCUT2D eigenvalue weighted by atomic mass is 10.3. The molecule has 0 spiro atoms. The van der Waals surface area contributed by atoms with E-state index in [0.29, 0.717) is 12.5 Å². The number of amides is 2. The lowest BCUT2D eigenvalue weighted by Crippen LogP contribution is -2.40. The monoisotopic (exact) mass is 293 g/mol. The standard InChI is InChI=1S/C13H15N3O5/c17-12(18)8-15(7-9-4-5-9)13(19)14-10-2-1-3-11(6-10)16(20)21/h1-3,6,9H,4-5,7-8H2,(H,14,19)(H,17,18). The van der Waals surface area contributed by atoms with Crippen LogP contribution >= 0.6 is 0 Å². The van der Waals surface area contributed by atoms with Crippen molar-refractivity contribution in [2.24, 2.45) is 5.92 Å². The van der Waals surface area contributed by atoms with E-state index in [1.165, 1.54) is 29.2 Å². The van der Waals surface area contributed by atoms with Crippen LogP contribution in [0.2, 0.25) is 0 Å². The predicted octanol–water partition coefficient (Wildman–Crippen LogP) is 1.92. The van der Waals surface area contributed by atoms with Gasteiger partial charge in [-0.05, 0) is 24.8 Å². The molecule has 1 aliphatic rings. The van der Waals surface area contributed by atoms with Gasteiger partial charge in [0.15, 0.2) is 0 Å². The number of carboxylic acids is 1. The minimum atomic E-state index is -1.09. The van der Waals surface area contributed by atoms with Crippen molar-refractivity contribution < 1.29 is 19.6 Å². The zero-order valence-corrected chi connectivity index (χ0v) is 11.2. The van der Waals surface area contributed by atoms with Crippen LogP contribution in [0.4, 0.5) is 16.2 Å². The first-order valence-electron chi connectivity index (χ1n) is 6.48. The number of carboxylic acid groups (broad SMARTS) is 1. The fraction of sp³-hybridized carbons (Fsp3) is 0.385. The minimum absolute atomic E-state index is 0.139. The first kappa shape index (κ1) is 14.8. The molecular weight excluding hydrogens is 278 g/mol. The number of carbonyl (C=O) groups excluding carboxylic acids is 1. The van der Waals surface area contributed by atoms with E-state index < -0.39 is 23.5 Å². The lowest BCUT2D eigenvalue weighted by molar-refractivity contribution is -0.384. The second-order valence-electron chi connectivity index (χ2n) is 4.96. The predicted molar refractivity (Wildman–Crippen MR) is 74.0 cm³/mol. The topological polar surface area (TPSA) is 113 Å². The summed E-state index contributed by atoms with van der Waals surface area (Å²) in [6, 6.07) is 4.95. The molecule has 8 heteroatoms. The number of nitro groups is 1. The summed E-state index contributed by atoms with van der Waals surface area (Å²) in [5.41, 5.74) is 0.125. The molecule has 1 fully saturated rings. The second-order valence-corrected chi connectivity index (χ2v) is 4.96. The number of anilines is 1. The molecule has 1 saturated carbocycles. The van der Waals surface area contributed by atoms with Crippen molar-refractivity contribution in [3.05, 3.63) is 34.4 Å². The number of nitrogens with one attached hydrogen (secondary N) is 1. The fourth-order valence-electron chi connectivity index (χ4n) is 1.89. The molecule has 1 aromatic carbocycles. The van der Waals surface area contributed by atoms with Gasteiger partial charge in [0.1, 0.15) is 6.54 Å². The number of rotatable bonds is 6. The van der Waals surface area contributed by atoms with Crippen molar-refractivity contribution in [2.45, 2.75) is 12.8 Å². The Labute approximate surface area is 120 Å². The molecule has 8 nitrogen and oxygen atoms in total. The average Bonchev–Trinajstić information content (AvgIpc) is 3.21. The van der Waals surface area contributed by atoms with E-state index >= 15 is 0 Å². The van der Waals surface area contributed by atoms with E-state index in [2.05, 4.69) is 5.32 Å². The largest absolute Gasteiger partial charge is 0.480 e. The summed E-state index contributed by atoms with van der Waals surface area (Å²) in [5, 5.41) is 22.0. The van der Waals surface area contributed by atoms with Gasteiger partial charge in [0, 0.05) is 24.4 Å². The van der Waals surface area contributed by atoms with Crippen molar-refractivity contribution >= 4 is 23.4 Å². The van der Waals surface area contributed by atoms with E-state index in [1.807, 2.05) is 0 Å². The van der Waals surface area contributed by atoms with Crippen molar-refractivity contribution in [1.82, 2.24) is 4.90 Å². The number of urea groups is 1. The van der Waals surface area contributed by atoms with Gasteiger partial charge in [0.2, 0.25) is 0 Å². The van der Waals surface area contributed by atoms with E-state index in [4.69, 9.17) is 5.11 Å². The van der Waals surface area contributed by atoms with Crippen LogP contribution in [0.5, 0.6) is 0 Å². The summed E-state index contributed by atoms with van der Waals surface area (Å²) >= 11 is 0. The van der Waals surface area contributed by atoms with Crippen LogP contribution in [0.3, 0.4) is 0 Å². The van der Waals surface area contributed by atoms with Crippen LogP contribution in [0.1, 0.15) is 12.8 Å². The Morgan fingerprint density at radius 3 is 2.71 bits per heavy atom. The molecule has 2 amide bonds. The number of benzene rings is 1. The zero-order valence-electron chi connectivity index (χ0n) is 11.2. The van der Waals surface area contributed by atoms with Crippen LogP contribution in [0.25, 0.3) is 0 Å². The van der Waals surface area contributed by atoms with Crippen LogP contribution in [0, 0.1) is 16.0 Å². The van der Waals surface area contributed by atoms with E-state index in [1.54, 1.807) is 0 Å². The highest BCUT2D eigenvalue weighted by molar-refractivity contribution is 5.91. The molecule has 0 saturated heterocycles. The molecule has 0 radical (unpaired) electrons. The van der Waals surface area contributed by atoms with Crippen LogP contribution in [-0.4, -0.2) is 40.0 Å². The van der Waals surface area contributed by atoms with E-state index in [-0.39, 0.29) is 11.4 Å². The molecule has 0 atom stereocenters. The minimum Gasteiger partial charge on any atom is -0.480 e. The fourth-order valence-corrected chi connectivity index (χ4v) is 1.89. The summed E-state index contributed by atoms with van der Waals surface area (Å²) in [6.45, 7) is -0.00960. The molecule has 2 rings (SSSR count). The number of nitrogens with zero attached hydrogens (tertiary/aromatic N) is 2. The van der Waals surface area contributed by atoms with Crippen molar-refractivity contribution in [3.8, 4) is 0 Å². The molecule has 112 valence electrons. The Hall–Kier alpha value is -2.64. The number of hydrogen-bond acceptors (Lipinski definition) is 4. The van der Waals surface area contributed by atoms with Gasteiger partial charge in [-0.3, -0.25) is 14.9 Å². The molecule has 21 heavy (non-hydrogen) atoms. The van der Waals surface area contributed by atoms with Crippen molar-refractivity contribution in [2.75, 3.05) is 18.4 Å². The summed E-state index contributed by atoms with van der Waals surface area (Å²) < 4.78 is 0. The highest BCUT2D eigenvalue weighted by Crippen LogP contribution is 2.30. The zero-order chi connectivity index (χ0) is 15.4. The summed E-state index contributed by atoms with van der Waals surface area (Å²) in [4.78, 5) is 34.2. The van der Waals surface area contributed by atoms with Gasteiger partial charge in [-0.2, -0.15) is 0 Å². The highest BCUT2D eigenvalue weighted by Gasteiger charge is 2.28. The summed E-state index contributed by atoms with van der Waals surface area (Å²) in [6.07, 6.45) is 1.97. The van der Waals surface area contributed by atoms with Gasteiger partial charge in [0.05, 0.1) is 4.92 Å². The molecule has 0 aromatic heterocycles. The van der Waals surface area contributed by atoms with Gasteiger partial charge in [0.25, 0.3) is 5.69 Å². The molecular formula is C13H15N3O5. The number of carbonyl (C=O) groups is 2. The Morgan fingerprint density at radius 1 is 1.43 bits per heavy atom. The van der Waals surface area contributed by atoms with Gasteiger partial charge in [-0.1, -0.05) is 6.07 Å². The van der Waals surface area contributed by atoms with E-state index in [9.17, 15) is 19.7 Å². The smallest absolute Gasteiger partial charge is 0.323 e. The number of aliphatic carboxylic acids is 1. The second kappa shape index (κ2) is 6.21. The number of nitro benzene ring substituents is 1. The molecule has 1 aliphatic carbocycles. The maximum Gasteiger partial charge on any atom is 0.323 e. The molecule has 1 aromatic rings. The molecule has 0 bridgehead atoms. The number of hydrogen-bond donors (Lipinski definition) is 2. The van der Waals surface area contributed by atoms with Gasteiger partial charge in [-0.15, -0.1) is 0 Å². The third-order valence-corrected chi connectivity index (χ3v) is 3.10. The third kappa shape index (κ3) is 4.44. The number of non-ortho nitro benzene ring substituents is 1. The molecule has 0 heterocycles. The SMILES string of the molecule is O=C(O)CN(CC1CC1)C(=O)Nc1cccc([N+](=O)[O-])c1. The lowest BCUT2D eigenvalue weighted by Gasteiger charge is -2.21. The molecule has 2 N–H and O–H groups in total. The van der Waals surface area contributed by atoms with Crippen LogP contribution in [-0.2, 0) is 4.79 Å². The van der Waals surface area contributed by atoms with Crippen molar-refractivity contribution in [1.29, 1.82) is 0 Å². The highest BCUT2D eigenvalue weighted by atomic mass is 16.6. The quantitative estimate of drug-likeness (QED) is 0.614. The average molecular weight is 293 g/mol. The Morgan fingerprint density at radius 2 is 2.14 bits per heavy atom. The van der Waals surface area contributed by atoms with Gasteiger partial charge in [-0.25, -0.2) is 4.79 Å². The van der Waals surface area contributed by atoms with E-state index in [0.717, 1.165) is 12.8 Å². The van der Waals surface area contributed by atoms with Crippen molar-refractivity contribution in [3.63, 3.8) is 0 Å². The normalized spacial score (nSPS) is 13.5. The summed E-state index contributed by atoms with van der Waals surface area (Å²) in [7, 11) is 0. The summed E-state index contributed by atoms with van der Waals surface area (Å²) in [5.74, 6) is -0.745. The third-order valence-electron chi connectivity index (χ3n) is 3.10. The molecule has 0 unspecified atom stereocenters. The van der Waals surface area contributed by atoms with Gasteiger partial charge < -0.3 is 15.3 Å². The maximum absolute atomic E-state index is 12.1. The van der Waals surface area contributed by atoms with Gasteiger partial charge >= 0.3 is 12.0 Å². The Balaban J connectivity index is 2.04. The first-order chi connectivity index (χ1) is 9.95. The molecule has 0 aliphatic heterocycles. The van der Waals surface area contributed by atoms with Crippen LogP contribution < -0.4 is 5.32 Å². The Kier molecular flexibility index (Phi) is 4.36. The Bertz CT molecular complexity index is 571.